The molecule has 1 unspecified atom stereocenters. The average Bonchev–Trinajstić information content (AvgIpc) is 3.09. The molecule has 1 N–H and O–H groups in total. The van der Waals surface area contributed by atoms with E-state index in [1.807, 2.05) is 30.3 Å². The number of carbonyl (C=O) groups is 1. The number of amides is 1. The van der Waals surface area contributed by atoms with Gasteiger partial charge in [0.2, 0.25) is 0 Å². The smallest absolute Gasteiger partial charge is 0.261 e. The van der Waals surface area contributed by atoms with Gasteiger partial charge in [-0.1, -0.05) is 18.2 Å². The Balaban J connectivity index is 1.54. The van der Waals surface area contributed by atoms with Crippen LogP contribution in [0, 0.1) is 0 Å². The molecule has 1 amide bonds. The van der Waals surface area contributed by atoms with Gasteiger partial charge in [-0.15, -0.1) is 10.2 Å². The van der Waals surface area contributed by atoms with Crippen molar-refractivity contribution in [3.63, 3.8) is 0 Å². The zero-order valence-corrected chi connectivity index (χ0v) is 12.0. The normalized spacial score (nSPS) is 14.5. The fraction of sp³-hybridized carbons (Fsp3) is 0.400. The van der Waals surface area contributed by atoms with E-state index in [1.54, 1.807) is 6.92 Å². The Kier molecular flexibility index (Phi) is 3.85. The largest absolute Gasteiger partial charge is 0.481 e. The predicted molar refractivity (Wildman–Crippen MR) is 76.7 cm³/mol. The summed E-state index contributed by atoms with van der Waals surface area (Å²) < 4.78 is 7.66. The van der Waals surface area contributed by atoms with Crippen LogP contribution in [0.2, 0.25) is 0 Å². The van der Waals surface area contributed by atoms with E-state index in [9.17, 15) is 4.79 Å². The average molecular weight is 286 g/mol. The van der Waals surface area contributed by atoms with E-state index in [-0.39, 0.29) is 5.91 Å². The minimum absolute atomic E-state index is 0.158. The molecule has 2 aromatic rings. The van der Waals surface area contributed by atoms with Crippen molar-refractivity contribution in [1.82, 2.24) is 20.1 Å². The van der Waals surface area contributed by atoms with Gasteiger partial charge < -0.3 is 14.6 Å². The minimum atomic E-state index is -0.548. The van der Waals surface area contributed by atoms with Crippen molar-refractivity contribution in [3.05, 3.63) is 42.0 Å². The van der Waals surface area contributed by atoms with Crippen LogP contribution in [0.1, 0.15) is 25.0 Å². The van der Waals surface area contributed by atoms with Crippen molar-refractivity contribution in [2.24, 2.45) is 0 Å². The number of benzene rings is 1. The first-order valence-corrected chi connectivity index (χ1v) is 7.14. The van der Waals surface area contributed by atoms with E-state index >= 15 is 0 Å². The fourth-order valence-electron chi connectivity index (χ4n) is 2.41. The molecule has 0 bridgehead atoms. The highest BCUT2D eigenvalue weighted by Gasteiger charge is 2.19. The molecule has 6 heteroatoms. The van der Waals surface area contributed by atoms with Gasteiger partial charge >= 0.3 is 0 Å². The fourth-order valence-corrected chi connectivity index (χ4v) is 2.41. The van der Waals surface area contributed by atoms with Crippen LogP contribution < -0.4 is 10.1 Å². The molecule has 0 aliphatic carbocycles. The minimum Gasteiger partial charge on any atom is -0.481 e. The summed E-state index contributed by atoms with van der Waals surface area (Å²) in [6.07, 6.45) is 1.52. The summed E-state index contributed by atoms with van der Waals surface area (Å²) in [5.74, 6) is 2.34. The number of fused-ring (bicyclic) bond motifs is 1. The summed E-state index contributed by atoms with van der Waals surface area (Å²) in [4.78, 5) is 12.0. The van der Waals surface area contributed by atoms with Crippen LogP contribution in [0.3, 0.4) is 0 Å². The predicted octanol–water partition coefficient (Wildman–Crippen LogP) is 1.31. The number of nitrogens with zero attached hydrogens (tertiary/aromatic N) is 3. The van der Waals surface area contributed by atoms with Crippen molar-refractivity contribution in [2.45, 2.75) is 39.0 Å². The number of aryl methyl sites for hydroxylation is 1. The van der Waals surface area contributed by atoms with Gasteiger partial charge in [-0.3, -0.25) is 4.79 Å². The Bertz CT molecular complexity index is 624. The molecular weight excluding hydrogens is 268 g/mol. The SMILES string of the molecule is CC(Oc1ccccc1)C(=O)NCc1nnc2n1CCC2. The van der Waals surface area contributed by atoms with Crippen LogP contribution in [0.5, 0.6) is 5.75 Å². The number of para-hydroxylation sites is 1. The Hall–Kier alpha value is -2.37. The second-order valence-electron chi connectivity index (χ2n) is 5.08. The number of aromatic nitrogens is 3. The number of ether oxygens (including phenoxy) is 1. The standard InChI is InChI=1S/C15H18N4O2/c1-11(21-12-6-3-2-4-7-12)15(20)16-10-14-18-17-13-8-5-9-19(13)14/h2-4,6-7,11H,5,8-10H2,1H3,(H,16,20). The molecule has 1 atom stereocenters. The molecule has 0 radical (unpaired) electrons. The Morgan fingerprint density at radius 3 is 3.00 bits per heavy atom. The molecule has 1 aliphatic rings. The molecule has 0 spiro atoms. The lowest BCUT2D eigenvalue weighted by atomic mass is 10.3. The van der Waals surface area contributed by atoms with Gasteiger partial charge in [0.05, 0.1) is 6.54 Å². The van der Waals surface area contributed by atoms with Crippen LogP contribution in [0.15, 0.2) is 30.3 Å². The highest BCUT2D eigenvalue weighted by atomic mass is 16.5. The molecule has 3 rings (SSSR count). The monoisotopic (exact) mass is 286 g/mol. The number of hydrogen-bond donors (Lipinski definition) is 1. The van der Waals surface area contributed by atoms with Gasteiger partial charge in [-0.05, 0) is 25.5 Å². The molecule has 2 heterocycles. The maximum atomic E-state index is 12.0. The first-order valence-electron chi connectivity index (χ1n) is 7.14. The molecule has 6 nitrogen and oxygen atoms in total. The van der Waals surface area contributed by atoms with Crippen molar-refractivity contribution in [3.8, 4) is 5.75 Å². The number of carbonyl (C=O) groups excluding carboxylic acids is 1. The van der Waals surface area contributed by atoms with Gasteiger partial charge in [0.1, 0.15) is 11.6 Å². The summed E-state index contributed by atoms with van der Waals surface area (Å²) in [6, 6.07) is 9.31. The Morgan fingerprint density at radius 1 is 1.38 bits per heavy atom. The summed E-state index contributed by atoms with van der Waals surface area (Å²) in [5.41, 5.74) is 0. The topological polar surface area (TPSA) is 69.0 Å². The van der Waals surface area contributed by atoms with Gasteiger partial charge in [0.15, 0.2) is 11.9 Å². The lowest BCUT2D eigenvalue weighted by Gasteiger charge is -2.14. The zero-order valence-electron chi connectivity index (χ0n) is 12.0. The highest BCUT2D eigenvalue weighted by Crippen LogP contribution is 2.14. The van der Waals surface area contributed by atoms with Crippen molar-refractivity contribution in [1.29, 1.82) is 0 Å². The summed E-state index contributed by atoms with van der Waals surface area (Å²) in [6.45, 7) is 3.05. The van der Waals surface area contributed by atoms with Crippen LogP contribution >= 0.6 is 0 Å². The Morgan fingerprint density at radius 2 is 2.19 bits per heavy atom. The number of hydrogen-bond acceptors (Lipinski definition) is 4. The lowest BCUT2D eigenvalue weighted by molar-refractivity contribution is -0.127. The third-order valence-corrected chi connectivity index (χ3v) is 3.53. The van der Waals surface area contributed by atoms with Crippen LogP contribution in [-0.4, -0.2) is 26.8 Å². The van der Waals surface area contributed by atoms with Gasteiger partial charge in [-0.25, -0.2) is 0 Å². The molecule has 110 valence electrons. The summed E-state index contributed by atoms with van der Waals surface area (Å²) >= 11 is 0. The number of nitrogens with one attached hydrogen (secondary N) is 1. The van der Waals surface area contributed by atoms with Crippen LogP contribution in [0.4, 0.5) is 0 Å². The van der Waals surface area contributed by atoms with Gasteiger partial charge in [0.25, 0.3) is 5.91 Å². The zero-order chi connectivity index (χ0) is 14.7. The molecular formula is C15H18N4O2. The molecule has 0 fully saturated rings. The van der Waals surface area contributed by atoms with E-state index in [0.717, 1.165) is 31.0 Å². The summed E-state index contributed by atoms with van der Waals surface area (Å²) in [7, 11) is 0. The molecule has 1 aromatic heterocycles. The highest BCUT2D eigenvalue weighted by molar-refractivity contribution is 5.80. The Labute approximate surface area is 123 Å². The molecule has 1 aliphatic heterocycles. The van der Waals surface area contributed by atoms with Crippen molar-refractivity contribution < 1.29 is 9.53 Å². The molecule has 0 saturated heterocycles. The maximum absolute atomic E-state index is 12.0. The lowest BCUT2D eigenvalue weighted by Crippen LogP contribution is -2.36. The van der Waals surface area contributed by atoms with Crippen molar-refractivity contribution in [2.75, 3.05) is 0 Å². The van der Waals surface area contributed by atoms with Crippen molar-refractivity contribution >= 4 is 5.91 Å². The third kappa shape index (κ3) is 3.04. The number of rotatable bonds is 5. The molecule has 0 saturated carbocycles. The van der Waals surface area contributed by atoms with Crippen LogP contribution in [-0.2, 0) is 24.3 Å². The second kappa shape index (κ2) is 5.95. The summed E-state index contributed by atoms with van der Waals surface area (Å²) in [5, 5.41) is 11.1. The van der Waals surface area contributed by atoms with Crippen LogP contribution in [0.25, 0.3) is 0 Å². The quantitative estimate of drug-likeness (QED) is 0.899. The van der Waals surface area contributed by atoms with Gasteiger partial charge in [0, 0.05) is 13.0 Å². The molecule has 21 heavy (non-hydrogen) atoms. The maximum Gasteiger partial charge on any atom is 0.261 e. The van der Waals surface area contributed by atoms with E-state index in [1.165, 1.54) is 0 Å². The second-order valence-corrected chi connectivity index (χ2v) is 5.08. The van der Waals surface area contributed by atoms with E-state index < -0.39 is 6.10 Å². The van der Waals surface area contributed by atoms with E-state index in [2.05, 4.69) is 20.1 Å². The first kappa shape index (κ1) is 13.6. The van der Waals surface area contributed by atoms with Gasteiger partial charge in [-0.2, -0.15) is 0 Å². The van der Waals surface area contributed by atoms with E-state index in [4.69, 9.17) is 4.74 Å². The first-order chi connectivity index (χ1) is 10.2. The van der Waals surface area contributed by atoms with E-state index in [0.29, 0.717) is 12.3 Å². The third-order valence-electron chi connectivity index (χ3n) is 3.53. The molecule has 1 aromatic carbocycles.